The summed E-state index contributed by atoms with van der Waals surface area (Å²) in [5.74, 6) is 0.719. The van der Waals surface area contributed by atoms with E-state index in [1.54, 1.807) is 16.9 Å². The predicted octanol–water partition coefficient (Wildman–Crippen LogP) is 4.84. The Kier molecular flexibility index (Phi) is 5.75. The van der Waals surface area contributed by atoms with Crippen molar-refractivity contribution < 1.29 is 14.3 Å². The molecular formula is C31H31N3O3. The van der Waals surface area contributed by atoms with Gasteiger partial charge >= 0.3 is 0 Å². The van der Waals surface area contributed by atoms with Gasteiger partial charge in [-0.3, -0.25) is 9.59 Å². The first-order chi connectivity index (χ1) is 18.0. The minimum atomic E-state index is -1.07. The monoisotopic (exact) mass is 493 g/mol. The van der Waals surface area contributed by atoms with E-state index in [9.17, 15) is 9.59 Å². The summed E-state index contributed by atoms with van der Waals surface area (Å²) in [5.41, 5.74) is 4.18. The van der Waals surface area contributed by atoms with Crippen LogP contribution in [0.4, 0.5) is 0 Å². The van der Waals surface area contributed by atoms with E-state index in [2.05, 4.69) is 35.3 Å². The van der Waals surface area contributed by atoms with Crippen molar-refractivity contribution >= 4 is 22.7 Å². The lowest BCUT2D eigenvalue weighted by atomic mass is 9.76. The molecule has 6 rings (SSSR count). The van der Waals surface area contributed by atoms with Crippen LogP contribution in [0.5, 0.6) is 5.75 Å². The SMILES string of the molecule is COc1ccc([C@H]2CN3C(=O)CN(CCCc4ccccc4)C(=O)[C@]3(C)c3[nH]c4ccccc4c32)cc1. The number of H-pyrrole nitrogens is 1. The van der Waals surface area contributed by atoms with E-state index in [1.165, 1.54) is 5.56 Å². The Balaban J connectivity index is 1.39. The first kappa shape index (κ1) is 23.3. The standard InChI is InChI=1S/C31H31N3O3/c1-31-29-28(24-12-6-7-13-26(24)32-29)25(22-14-16-23(37-2)17-15-22)19-34(31)27(35)20-33(30(31)36)18-8-11-21-9-4-3-5-10-21/h3-7,9-10,12-17,25,32H,8,11,18-20H2,1-2H3/t25-,31+/m1/s1. The summed E-state index contributed by atoms with van der Waals surface area (Å²) < 4.78 is 5.37. The van der Waals surface area contributed by atoms with Crippen molar-refractivity contribution in [2.75, 3.05) is 26.7 Å². The van der Waals surface area contributed by atoms with Gasteiger partial charge in [-0.05, 0) is 54.7 Å². The number of piperazine rings is 1. The van der Waals surface area contributed by atoms with E-state index in [0.717, 1.165) is 46.3 Å². The molecule has 0 saturated carbocycles. The van der Waals surface area contributed by atoms with Crippen molar-refractivity contribution in [1.29, 1.82) is 0 Å². The van der Waals surface area contributed by atoms with Crippen molar-refractivity contribution in [3.63, 3.8) is 0 Å². The highest BCUT2D eigenvalue weighted by molar-refractivity contribution is 6.01. The van der Waals surface area contributed by atoms with Crippen LogP contribution in [0.25, 0.3) is 10.9 Å². The van der Waals surface area contributed by atoms with Crippen molar-refractivity contribution in [1.82, 2.24) is 14.8 Å². The highest BCUT2D eigenvalue weighted by atomic mass is 16.5. The second-order valence-electron chi connectivity index (χ2n) is 10.2. The molecule has 1 saturated heterocycles. The number of hydrogen-bond acceptors (Lipinski definition) is 3. The summed E-state index contributed by atoms with van der Waals surface area (Å²) in [5, 5.41) is 1.10. The summed E-state index contributed by atoms with van der Waals surface area (Å²) in [7, 11) is 1.66. The lowest BCUT2D eigenvalue weighted by Crippen LogP contribution is -2.67. The van der Waals surface area contributed by atoms with Crippen molar-refractivity contribution in [2.24, 2.45) is 0 Å². The number of benzene rings is 3. The first-order valence-corrected chi connectivity index (χ1v) is 12.9. The normalized spacial score (nSPS) is 21.2. The summed E-state index contributed by atoms with van der Waals surface area (Å²) >= 11 is 0. The van der Waals surface area contributed by atoms with E-state index < -0.39 is 5.54 Å². The highest BCUT2D eigenvalue weighted by Gasteiger charge is 2.56. The highest BCUT2D eigenvalue weighted by Crippen LogP contribution is 2.48. The van der Waals surface area contributed by atoms with Gasteiger partial charge in [-0.15, -0.1) is 0 Å². The molecule has 3 heterocycles. The van der Waals surface area contributed by atoms with E-state index in [0.29, 0.717) is 13.1 Å². The fourth-order valence-electron chi connectivity index (χ4n) is 6.11. The molecular weight excluding hydrogens is 462 g/mol. The van der Waals surface area contributed by atoms with Crippen LogP contribution in [0.1, 0.15) is 41.6 Å². The number of fused-ring (bicyclic) bond motifs is 5. The van der Waals surface area contributed by atoms with Gasteiger partial charge in [-0.2, -0.15) is 0 Å². The Morgan fingerprint density at radius 2 is 1.70 bits per heavy atom. The van der Waals surface area contributed by atoms with Crippen LogP contribution in [0.3, 0.4) is 0 Å². The third kappa shape index (κ3) is 3.79. The molecule has 1 fully saturated rings. The van der Waals surface area contributed by atoms with Crippen LogP contribution in [0.2, 0.25) is 0 Å². The van der Waals surface area contributed by atoms with E-state index >= 15 is 0 Å². The average molecular weight is 494 g/mol. The number of aryl methyl sites for hydroxylation is 1. The third-order valence-corrected chi connectivity index (χ3v) is 8.07. The second-order valence-corrected chi connectivity index (χ2v) is 10.2. The van der Waals surface area contributed by atoms with Gasteiger partial charge in [0.2, 0.25) is 5.91 Å². The summed E-state index contributed by atoms with van der Waals surface area (Å²) in [6.45, 7) is 3.05. The largest absolute Gasteiger partial charge is 0.497 e. The number of nitrogens with one attached hydrogen (secondary N) is 1. The Morgan fingerprint density at radius 3 is 2.46 bits per heavy atom. The number of methoxy groups -OCH3 is 1. The Labute approximate surface area is 216 Å². The molecule has 6 heteroatoms. The van der Waals surface area contributed by atoms with Gasteiger partial charge in [0.1, 0.15) is 5.75 Å². The number of nitrogens with zero attached hydrogens (tertiary/aromatic N) is 2. The summed E-state index contributed by atoms with van der Waals surface area (Å²) in [6, 6.07) is 26.5. The Bertz CT molecular complexity index is 1460. The van der Waals surface area contributed by atoms with Crippen LogP contribution in [0.15, 0.2) is 78.9 Å². The number of ether oxygens (including phenoxy) is 1. The number of rotatable bonds is 6. The molecule has 2 aliphatic heterocycles. The first-order valence-electron chi connectivity index (χ1n) is 12.9. The fourth-order valence-corrected chi connectivity index (χ4v) is 6.11. The molecule has 6 nitrogen and oxygen atoms in total. The maximum atomic E-state index is 14.1. The van der Waals surface area contributed by atoms with Crippen LogP contribution in [0, 0.1) is 0 Å². The molecule has 0 radical (unpaired) electrons. The van der Waals surface area contributed by atoms with E-state index in [4.69, 9.17) is 4.74 Å². The molecule has 2 atom stereocenters. The number of amides is 2. The van der Waals surface area contributed by atoms with Gasteiger partial charge in [0.05, 0.1) is 19.3 Å². The molecule has 2 aliphatic rings. The molecule has 3 aromatic carbocycles. The van der Waals surface area contributed by atoms with Gasteiger partial charge < -0.3 is 19.5 Å². The predicted molar refractivity (Wildman–Crippen MR) is 144 cm³/mol. The lowest BCUT2D eigenvalue weighted by Gasteiger charge is -2.51. The van der Waals surface area contributed by atoms with Crippen molar-refractivity contribution in [3.8, 4) is 5.75 Å². The minimum Gasteiger partial charge on any atom is -0.497 e. The molecule has 4 aromatic rings. The summed E-state index contributed by atoms with van der Waals surface area (Å²) in [6.07, 6.45) is 1.68. The van der Waals surface area contributed by atoms with Gasteiger partial charge in [0, 0.05) is 29.9 Å². The zero-order valence-electron chi connectivity index (χ0n) is 21.2. The molecule has 188 valence electrons. The van der Waals surface area contributed by atoms with Crippen molar-refractivity contribution in [2.45, 2.75) is 31.2 Å². The van der Waals surface area contributed by atoms with Gasteiger partial charge in [0.25, 0.3) is 5.91 Å². The Morgan fingerprint density at radius 1 is 0.973 bits per heavy atom. The number of para-hydroxylation sites is 1. The molecule has 1 aromatic heterocycles. The Hall–Kier alpha value is -4.06. The number of carbonyl (C=O) groups excluding carboxylic acids is 2. The zero-order valence-corrected chi connectivity index (χ0v) is 21.2. The average Bonchev–Trinajstić information content (AvgIpc) is 3.33. The van der Waals surface area contributed by atoms with Gasteiger partial charge in [-0.1, -0.05) is 60.7 Å². The van der Waals surface area contributed by atoms with E-state index in [-0.39, 0.29) is 24.3 Å². The molecule has 37 heavy (non-hydrogen) atoms. The van der Waals surface area contributed by atoms with Crippen molar-refractivity contribution in [3.05, 3.63) is 101 Å². The molecule has 0 spiro atoms. The molecule has 1 N–H and O–H groups in total. The summed E-state index contributed by atoms with van der Waals surface area (Å²) in [4.78, 5) is 34.9. The molecule has 0 unspecified atom stereocenters. The number of aromatic amines is 1. The lowest BCUT2D eigenvalue weighted by molar-refractivity contribution is -0.166. The molecule has 2 amide bonds. The van der Waals surface area contributed by atoms with Crippen LogP contribution in [-0.4, -0.2) is 53.3 Å². The zero-order chi connectivity index (χ0) is 25.6. The minimum absolute atomic E-state index is 0.00960. The van der Waals surface area contributed by atoms with Crippen LogP contribution >= 0.6 is 0 Å². The molecule has 0 bridgehead atoms. The molecule has 0 aliphatic carbocycles. The second kappa shape index (κ2) is 9.11. The quantitative estimate of drug-likeness (QED) is 0.418. The van der Waals surface area contributed by atoms with E-state index in [1.807, 2.05) is 55.5 Å². The van der Waals surface area contributed by atoms with Crippen LogP contribution in [-0.2, 0) is 21.5 Å². The van der Waals surface area contributed by atoms with Crippen LogP contribution < -0.4 is 4.74 Å². The number of hydrogen-bond donors (Lipinski definition) is 1. The maximum Gasteiger partial charge on any atom is 0.254 e. The topological polar surface area (TPSA) is 65.6 Å². The number of aromatic nitrogens is 1. The third-order valence-electron chi connectivity index (χ3n) is 8.07. The fraction of sp³-hybridized carbons (Fsp3) is 0.290. The number of carbonyl (C=O) groups is 2. The van der Waals surface area contributed by atoms with Gasteiger partial charge in [-0.25, -0.2) is 0 Å². The van der Waals surface area contributed by atoms with Gasteiger partial charge in [0.15, 0.2) is 5.54 Å². The maximum absolute atomic E-state index is 14.1. The smallest absolute Gasteiger partial charge is 0.254 e.